The van der Waals surface area contributed by atoms with Crippen LogP contribution in [0.3, 0.4) is 0 Å². The zero-order chi connectivity index (χ0) is 18.7. The van der Waals surface area contributed by atoms with E-state index in [0.717, 1.165) is 57.9 Å². The summed E-state index contributed by atoms with van der Waals surface area (Å²) >= 11 is 0. The molecule has 148 valence electrons. The maximum absolute atomic E-state index is 9.22. The van der Waals surface area contributed by atoms with Crippen LogP contribution in [0, 0.1) is 17.3 Å². The largest absolute Gasteiger partial charge is 0.396 e. The molecule has 1 rings (SSSR count). The van der Waals surface area contributed by atoms with Crippen LogP contribution in [0.4, 0.5) is 0 Å². The molecule has 0 radical (unpaired) electrons. The second-order valence-electron chi connectivity index (χ2n) is 8.33. The first-order chi connectivity index (χ1) is 11.9. The molecule has 0 amide bonds. The van der Waals surface area contributed by atoms with Gasteiger partial charge in [0.05, 0.1) is 6.10 Å². The minimum atomic E-state index is 0.162. The predicted molar refractivity (Wildman–Crippen MR) is 106 cm³/mol. The first kappa shape index (κ1) is 22.2. The van der Waals surface area contributed by atoms with Gasteiger partial charge in [0.2, 0.25) is 0 Å². The highest BCUT2D eigenvalue weighted by Crippen LogP contribution is 2.33. The summed E-state index contributed by atoms with van der Waals surface area (Å²) in [6.45, 7) is 14.7. The summed E-state index contributed by atoms with van der Waals surface area (Å²) < 4.78 is 6.08. The Labute approximate surface area is 155 Å². The lowest BCUT2D eigenvalue weighted by Crippen LogP contribution is -2.47. The molecular formula is C20H41N3O2. The molecule has 3 unspecified atom stereocenters. The number of guanidine groups is 1. The molecule has 25 heavy (non-hydrogen) atoms. The van der Waals surface area contributed by atoms with Crippen molar-refractivity contribution in [1.29, 1.82) is 0 Å². The minimum Gasteiger partial charge on any atom is -0.396 e. The summed E-state index contributed by atoms with van der Waals surface area (Å²) in [6.07, 6.45) is 5.72. The third kappa shape index (κ3) is 8.41. The number of ether oxygens (including phenoxy) is 1. The number of rotatable bonds is 9. The van der Waals surface area contributed by atoms with Crippen LogP contribution in [-0.4, -0.2) is 50.0 Å². The van der Waals surface area contributed by atoms with Crippen molar-refractivity contribution >= 4 is 5.96 Å². The Morgan fingerprint density at radius 3 is 2.60 bits per heavy atom. The Morgan fingerprint density at radius 2 is 2.00 bits per heavy atom. The first-order valence-electron chi connectivity index (χ1n) is 10.2. The van der Waals surface area contributed by atoms with Crippen molar-refractivity contribution in [2.75, 3.05) is 32.8 Å². The zero-order valence-corrected chi connectivity index (χ0v) is 17.1. The van der Waals surface area contributed by atoms with Gasteiger partial charge in [-0.25, -0.2) is 0 Å². The van der Waals surface area contributed by atoms with E-state index in [1.807, 2.05) is 0 Å². The minimum absolute atomic E-state index is 0.162. The van der Waals surface area contributed by atoms with Gasteiger partial charge < -0.3 is 20.5 Å². The fraction of sp³-hybridized carbons (Fsp3) is 0.950. The molecule has 0 aromatic heterocycles. The second-order valence-corrected chi connectivity index (χ2v) is 8.33. The molecule has 1 aliphatic rings. The van der Waals surface area contributed by atoms with Crippen LogP contribution < -0.4 is 10.6 Å². The first-order valence-corrected chi connectivity index (χ1v) is 10.2. The number of hydrogen-bond acceptors (Lipinski definition) is 3. The summed E-state index contributed by atoms with van der Waals surface area (Å²) in [6, 6.07) is 0. The fourth-order valence-electron chi connectivity index (χ4n) is 3.72. The van der Waals surface area contributed by atoms with Crippen molar-refractivity contribution in [2.45, 2.75) is 72.8 Å². The third-order valence-electron chi connectivity index (χ3n) is 4.92. The van der Waals surface area contributed by atoms with Gasteiger partial charge in [0.25, 0.3) is 0 Å². The molecule has 3 N–H and O–H groups in total. The van der Waals surface area contributed by atoms with Crippen LogP contribution >= 0.6 is 0 Å². The van der Waals surface area contributed by atoms with Crippen molar-refractivity contribution in [3.05, 3.63) is 0 Å². The molecule has 0 spiro atoms. The average Bonchev–Trinajstić information content (AvgIpc) is 2.57. The summed E-state index contributed by atoms with van der Waals surface area (Å²) in [5, 5.41) is 16.1. The highest BCUT2D eigenvalue weighted by Gasteiger charge is 2.35. The van der Waals surface area contributed by atoms with E-state index in [2.05, 4.69) is 45.3 Å². The number of aliphatic imine (C=N–C) groups is 1. The van der Waals surface area contributed by atoms with Gasteiger partial charge in [-0.3, -0.25) is 4.99 Å². The van der Waals surface area contributed by atoms with Crippen molar-refractivity contribution < 1.29 is 9.84 Å². The van der Waals surface area contributed by atoms with Crippen LogP contribution in [0.1, 0.15) is 66.7 Å². The standard InChI is InChI=1S/C20H41N3O2/c1-6-9-16(11-12-24)14-22-19(21-7-2)23-15-17-10-8-13-25-18(17)20(3,4)5/h16-18,24H,6-15H2,1-5H3,(H2,21,22,23). The fourth-order valence-corrected chi connectivity index (χ4v) is 3.72. The molecule has 1 fully saturated rings. The van der Waals surface area contributed by atoms with Crippen molar-refractivity contribution in [3.63, 3.8) is 0 Å². The maximum Gasteiger partial charge on any atom is 0.191 e. The molecule has 1 aliphatic heterocycles. The lowest BCUT2D eigenvalue weighted by molar-refractivity contribution is -0.0835. The molecule has 0 aromatic rings. The van der Waals surface area contributed by atoms with E-state index in [4.69, 9.17) is 9.73 Å². The van der Waals surface area contributed by atoms with Gasteiger partial charge in [-0.2, -0.15) is 0 Å². The van der Waals surface area contributed by atoms with E-state index in [-0.39, 0.29) is 12.0 Å². The summed E-state index contributed by atoms with van der Waals surface area (Å²) in [5.74, 6) is 1.87. The molecule has 0 saturated carbocycles. The Kier molecular flexibility index (Phi) is 10.4. The lowest BCUT2D eigenvalue weighted by atomic mass is 9.78. The van der Waals surface area contributed by atoms with Gasteiger partial charge in [0, 0.05) is 38.8 Å². The van der Waals surface area contributed by atoms with E-state index >= 15 is 0 Å². The Hall–Kier alpha value is -0.810. The van der Waals surface area contributed by atoms with Crippen LogP contribution in [0.15, 0.2) is 4.99 Å². The van der Waals surface area contributed by atoms with E-state index in [9.17, 15) is 5.11 Å². The van der Waals surface area contributed by atoms with Crippen LogP contribution in [0.2, 0.25) is 0 Å². The molecular weight excluding hydrogens is 314 g/mol. The SMILES string of the molecule is CCCC(CCO)CN=C(NCC)NCC1CCCOC1C(C)(C)C. The summed E-state index contributed by atoms with van der Waals surface area (Å²) in [7, 11) is 0. The Balaban J connectivity index is 2.62. The highest BCUT2D eigenvalue weighted by atomic mass is 16.5. The molecule has 0 bridgehead atoms. The molecule has 5 heteroatoms. The van der Waals surface area contributed by atoms with Gasteiger partial charge in [-0.15, -0.1) is 0 Å². The average molecular weight is 356 g/mol. The van der Waals surface area contributed by atoms with Gasteiger partial charge in [-0.1, -0.05) is 34.1 Å². The number of nitrogens with zero attached hydrogens (tertiary/aromatic N) is 1. The smallest absolute Gasteiger partial charge is 0.191 e. The zero-order valence-electron chi connectivity index (χ0n) is 17.1. The Bertz CT molecular complexity index is 374. The number of nitrogens with one attached hydrogen (secondary N) is 2. The van der Waals surface area contributed by atoms with E-state index in [0.29, 0.717) is 17.9 Å². The van der Waals surface area contributed by atoms with Crippen molar-refractivity contribution in [1.82, 2.24) is 10.6 Å². The van der Waals surface area contributed by atoms with Crippen LogP contribution in [0.25, 0.3) is 0 Å². The second kappa shape index (κ2) is 11.7. The quantitative estimate of drug-likeness (QED) is 0.439. The molecule has 0 aromatic carbocycles. The van der Waals surface area contributed by atoms with Crippen LogP contribution in [-0.2, 0) is 4.74 Å². The highest BCUT2D eigenvalue weighted by molar-refractivity contribution is 5.79. The lowest BCUT2D eigenvalue weighted by Gasteiger charge is -2.40. The molecule has 1 saturated heterocycles. The normalized spacial score (nSPS) is 23.4. The number of aliphatic hydroxyl groups excluding tert-OH is 1. The van der Waals surface area contributed by atoms with E-state index in [1.165, 1.54) is 6.42 Å². The van der Waals surface area contributed by atoms with E-state index < -0.39 is 0 Å². The van der Waals surface area contributed by atoms with Gasteiger partial charge >= 0.3 is 0 Å². The summed E-state index contributed by atoms with van der Waals surface area (Å²) in [4.78, 5) is 4.77. The molecule has 1 heterocycles. The molecule has 3 atom stereocenters. The number of aliphatic hydroxyl groups is 1. The van der Waals surface area contributed by atoms with Crippen LogP contribution in [0.5, 0.6) is 0 Å². The third-order valence-corrected chi connectivity index (χ3v) is 4.92. The Morgan fingerprint density at radius 1 is 1.24 bits per heavy atom. The van der Waals surface area contributed by atoms with Gasteiger partial charge in [0.15, 0.2) is 5.96 Å². The summed E-state index contributed by atoms with van der Waals surface area (Å²) in [5.41, 5.74) is 0.162. The van der Waals surface area contributed by atoms with Crippen molar-refractivity contribution in [2.24, 2.45) is 22.2 Å². The molecule has 5 nitrogen and oxygen atoms in total. The maximum atomic E-state index is 9.22. The predicted octanol–water partition coefficient (Wildman–Crippen LogP) is 3.18. The molecule has 0 aliphatic carbocycles. The van der Waals surface area contributed by atoms with E-state index in [1.54, 1.807) is 0 Å². The van der Waals surface area contributed by atoms with Gasteiger partial charge in [0.1, 0.15) is 0 Å². The topological polar surface area (TPSA) is 65.9 Å². The number of hydrogen-bond donors (Lipinski definition) is 3. The monoisotopic (exact) mass is 355 g/mol. The van der Waals surface area contributed by atoms with Crippen molar-refractivity contribution in [3.8, 4) is 0 Å². The van der Waals surface area contributed by atoms with Gasteiger partial charge in [-0.05, 0) is 43.9 Å².